The zero-order valence-electron chi connectivity index (χ0n) is 11.2. The van der Waals surface area contributed by atoms with Gasteiger partial charge in [0.25, 0.3) is 0 Å². The molecule has 1 aromatic carbocycles. The molecule has 0 aliphatic carbocycles. The van der Waals surface area contributed by atoms with Crippen molar-refractivity contribution in [2.24, 2.45) is 14.1 Å². The summed E-state index contributed by atoms with van der Waals surface area (Å²) >= 11 is 0. The Kier molecular flexibility index (Phi) is 2.48. The number of ether oxygens (including phenoxy) is 1. The second-order valence-corrected chi connectivity index (χ2v) is 4.59. The molecule has 0 amide bonds. The molecule has 0 fully saturated rings. The molecule has 5 nitrogen and oxygen atoms in total. The van der Waals surface area contributed by atoms with Crippen molar-refractivity contribution in [3.05, 3.63) is 30.5 Å². The zero-order chi connectivity index (χ0) is 13.6. The molecule has 0 atom stereocenters. The summed E-state index contributed by atoms with van der Waals surface area (Å²) in [7, 11) is 5.52. The van der Waals surface area contributed by atoms with E-state index < -0.39 is 0 Å². The van der Waals surface area contributed by atoms with Gasteiger partial charge >= 0.3 is 0 Å². The summed E-state index contributed by atoms with van der Waals surface area (Å²) in [5.41, 5.74) is 8.86. The minimum absolute atomic E-state index is 0.641. The summed E-state index contributed by atoms with van der Waals surface area (Å²) in [6.45, 7) is 0. The summed E-state index contributed by atoms with van der Waals surface area (Å²) in [5, 5.41) is 5.50. The van der Waals surface area contributed by atoms with E-state index in [0.29, 0.717) is 5.82 Å². The van der Waals surface area contributed by atoms with E-state index in [1.54, 1.807) is 11.8 Å². The van der Waals surface area contributed by atoms with E-state index in [4.69, 9.17) is 10.5 Å². The summed E-state index contributed by atoms with van der Waals surface area (Å²) in [6, 6.07) is 7.88. The van der Waals surface area contributed by atoms with Gasteiger partial charge in [-0.3, -0.25) is 4.68 Å². The molecule has 98 valence electrons. The number of fused-ring (bicyclic) bond motifs is 1. The largest absolute Gasteiger partial charge is 0.496 e. The molecular formula is C14H16N4O. The molecule has 0 aliphatic rings. The molecule has 2 aromatic heterocycles. The molecule has 0 spiro atoms. The SMILES string of the molecule is COc1cccc2c1c(-c1cc(N)n(C)n1)cn2C. The predicted octanol–water partition coefficient (Wildman–Crippen LogP) is 2.17. The van der Waals surface area contributed by atoms with Crippen LogP contribution in [0.25, 0.3) is 22.2 Å². The van der Waals surface area contributed by atoms with Gasteiger partial charge in [-0.2, -0.15) is 5.10 Å². The Hall–Kier alpha value is -2.43. The van der Waals surface area contributed by atoms with Gasteiger partial charge in [0.1, 0.15) is 11.6 Å². The number of rotatable bonds is 2. The topological polar surface area (TPSA) is 58.0 Å². The highest BCUT2D eigenvalue weighted by atomic mass is 16.5. The second kappa shape index (κ2) is 4.05. The molecule has 0 saturated carbocycles. The van der Waals surface area contributed by atoms with Crippen molar-refractivity contribution in [1.82, 2.24) is 14.3 Å². The highest BCUT2D eigenvalue weighted by Gasteiger charge is 2.15. The molecule has 0 radical (unpaired) electrons. The van der Waals surface area contributed by atoms with Crippen LogP contribution >= 0.6 is 0 Å². The molecule has 3 rings (SSSR count). The van der Waals surface area contributed by atoms with Gasteiger partial charge in [-0.25, -0.2) is 0 Å². The Balaban J connectivity index is 2.35. The number of methoxy groups -OCH3 is 1. The van der Waals surface area contributed by atoms with E-state index in [0.717, 1.165) is 27.9 Å². The molecule has 3 aromatic rings. The highest BCUT2D eigenvalue weighted by Crippen LogP contribution is 2.36. The van der Waals surface area contributed by atoms with Crippen LogP contribution < -0.4 is 10.5 Å². The van der Waals surface area contributed by atoms with Crippen molar-refractivity contribution in [1.29, 1.82) is 0 Å². The molecular weight excluding hydrogens is 240 g/mol. The van der Waals surface area contributed by atoms with Crippen molar-refractivity contribution < 1.29 is 4.74 Å². The first kappa shape index (κ1) is 11.6. The molecule has 0 unspecified atom stereocenters. The standard InChI is InChI=1S/C14H16N4O/c1-17-8-9(10-7-13(15)18(2)16-10)14-11(17)5-4-6-12(14)19-3/h4-8H,15H2,1-3H3. The van der Waals surface area contributed by atoms with Crippen LogP contribution in [0, 0.1) is 0 Å². The Morgan fingerprint density at radius 1 is 1.26 bits per heavy atom. The normalized spacial score (nSPS) is 11.1. The quantitative estimate of drug-likeness (QED) is 0.764. The lowest BCUT2D eigenvalue weighted by atomic mass is 10.1. The average molecular weight is 256 g/mol. The van der Waals surface area contributed by atoms with E-state index in [1.807, 2.05) is 32.3 Å². The third-order valence-electron chi connectivity index (χ3n) is 3.39. The van der Waals surface area contributed by atoms with Gasteiger partial charge in [-0.1, -0.05) is 6.07 Å². The molecule has 0 aliphatic heterocycles. The van der Waals surface area contributed by atoms with Gasteiger partial charge < -0.3 is 15.0 Å². The third kappa shape index (κ3) is 1.66. The highest BCUT2D eigenvalue weighted by molar-refractivity contribution is 5.99. The van der Waals surface area contributed by atoms with Crippen LogP contribution in [0.4, 0.5) is 5.82 Å². The second-order valence-electron chi connectivity index (χ2n) is 4.59. The average Bonchev–Trinajstić information content (AvgIpc) is 2.91. The molecule has 19 heavy (non-hydrogen) atoms. The smallest absolute Gasteiger partial charge is 0.128 e. The molecule has 5 heteroatoms. The monoisotopic (exact) mass is 256 g/mol. The maximum absolute atomic E-state index is 5.86. The van der Waals surface area contributed by atoms with Crippen LogP contribution in [0.5, 0.6) is 5.75 Å². The third-order valence-corrected chi connectivity index (χ3v) is 3.39. The van der Waals surface area contributed by atoms with E-state index in [1.165, 1.54) is 0 Å². The van der Waals surface area contributed by atoms with Crippen molar-refractivity contribution in [2.45, 2.75) is 0 Å². The minimum atomic E-state index is 0.641. The molecule has 0 saturated heterocycles. The van der Waals surface area contributed by atoms with Crippen molar-refractivity contribution in [2.75, 3.05) is 12.8 Å². The Bertz CT molecular complexity index is 735. The van der Waals surface area contributed by atoms with Gasteiger partial charge in [0.15, 0.2) is 0 Å². The summed E-state index contributed by atoms with van der Waals surface area (Å²) in [6.07, 6.45) is 2.05. The predicted molar refractivity (Wildman–Crippen MR) is 76.1 cm³/mol. The summed E-state index contributed by atoms with van der Waals surface area (Å²) in [4.78, 5) is 0. The number of nitrogen functional groups attached to an aromatic ring is 1. The van der Waals surface area contributed by atoms with E-state index in [2.05, 4.69) is 21.9 Å². The number of aryl methyl sites for hydroxylation is 2. The van der Waals surface area contributed by atoms with E-state index in [-0.39, 0.29) is 0 Å². The molecule has 0 bridgehead atoms. The zero-order valence-corrected chi connectivity index (χ0v) is 11.2. The van der Waals surface area contributed by atoms with Crippen molar-refractivity contribution >= 4 is 16.7 Å². The lowest BCUT2D eigenvalue weighted by Crippen LogP contribution is -1.96. The number of hydrogen-bond acceptors (Lipinski definition) is 3. The number of aromatic nitrogens is 3. The van der Waals surface area contributed by atoms with Crippen molar-refractivity contribution in [3.63, 3.8) is 0 Å². The fourth-order valence-corrected chi connectivity index (χ4v) is 2.39. The number of nitrogens with two attached hydrogens (primary N) is 1. The van der Waals surface area contributed by atoms with Crippen LogP contribution in [-0.2, 0) is 14.1 Å². The summed E-state index contributed by atoms with van der Waals surface area (Å²) in [5.74, 6) is 1.49. The van der Waals surface area contributed by atoms with Crippen LogP contribution in [0.15, 0.2) is 30.5 Å². The molecule has 2 N–H and O–H groups in total. The summed E-state index contributed by atoms with van der Waals surface area (Å²) < 4.78 is 9.20. The van der Waals surface area contributed by atoms with E-state index in [9.17, 15) is 0 Å². The Labute approximate surface area is 111 Å². The van der Waals surface area contributed by atoms with Gasteiger partial charge in [0.2, 0.25) is 0 Å². The van der Waals surface area contributed by atoms with Crippen LogP contribution in [0.3, 0.4) is 0 Å². The lowest BCUT2D eigenvalue weighted by molar-refractivity contribution is 0.420. The first-order valence-electron chi connectivity index (χ1n) is 6.03. The Morgan fingerprint density at radius 3 is 2.68 bits per heavy atom. The van der Waals surface area contributed by atoms with Crippen LogP contribution in [-0.4, -0.2) is 21.5 Å². The van der Waals surface area contributed by atoms with E-state index >= 15 is 0 Å². The number of anilines is 1. The fraction of sp³-hybridized carbons (Fsp3) is 0.214. The molecule has 2 heterocycles. The maximum atomic E-state index is 5.86. The fourth-order valence-electron chi connectivity index (χ4n) is 2.39. The van der Waals surface area contributed by atoms with Crippen molar-refractivity contribution in [3.8, 4) is 17.0 Å². The maximum Gasteiger partial charge on any atom is 0.128 e. The van der Waals surface area contributed by atoms with Gasteiger partial charge in [0.05, 0.1) is 23.7 Å². The number of nitrogens with zero attached hydrogens (tertiary/aromatic N) is 3. The number of benzene rings is 1. The first-order chi connectivity index (χ1) is 9.11. The van der Waals surface area contributed by atoms with Crippen LogP contribution in [0.1, 0.15) is 0 Å². The lowest BCUT2D eigenvalue weighted by Gasteiger charge is -2.03. The van der Waals surface area contributed by atoms with Crippen LogP contribution in [0.2, 0.25) is 0 Å². The first-order valence-corrected chi connectivity index (χ1v) is 6.03. The van der Waals surface area contributed by atoms with Gasteiger partial charge in [-0.15, -0.1) is 0 Å². The minimum Gasteiger partial charge on any atom is -0.496 e. The number of hydrogen-bond donors (Lipinski definition) is 1. The van der Waals surface area contributed by atoms with Gasteiger partial charge in [-0.05, 0) is 12.1 Å². The Morgan fingerprint density at radius 2 is 2.05 bits per heavy atom. The van der Waals surface area contributed by atoms with Gasteiger partial charge in [0, 0.05) is 31.9 Å².